The molecule has 0 radical (unpaired) electrons. The number of aliphatic carboxylic acids is 2. The van der Waals surface area contributed by atoms with Crippen molar-refractivity contribution in [1.29, 1.82) is 0 Å². The first kappa shape index (κ1) is 32.9. The predicted molar refractivity (Wildman–Crippen MR) is 143 cm³/mol. The molecule has 222 valence electrons. The molecule has 1 aliphatic rings. The summed E-state index contributed by atoms with van der Waals surface area (Å²) < 4.78 is 31.7. The van der Waals surface area contributed by atoms with E-state index in [1.807, 2.05) is 25.1 Å². The van der Waals surface area contributed by atoms with Crippen molar-refractivity contribution in [2.45, 2.75) is 51.6 Å². The smallest absolute Gasteiger partial charge is 0.481 e. The third-order valence-corrected chi connectivity index (χ3v) is 6.21. The third kappa shape index (κ3) is 9.41. The maximum Gasteiger partial charge on any atom is 0.490 e. The zero-order chi connectivity index (χ0) is 30.7. The number of nitrogens with zero attached hydrogens (tertiary/aromatic N) is 2. The van der Waals surface area contributed by atoms with E-state index in [0.29, 0.717) is 12.1 Å². The highest BCUT2D eigenvalue weighted by molar-refractivity contribution is 6.25. The number of aryl methyl sites for hydroxylation is 2. The highest BCUT2D eigenvalue weighted by atomic mass is 19.4. The van der Waals surface area contributed by atoms with Gasteiger partial charge in [-0.15, -0.1) is 0 Å². The second-order valence-corrected chi connectivity index (χ2v) is 9.21. The van der Waals surface area contributed by atoms with Gasteiger partial charge in [-0.3, -0.25) is 19.2 Å². The van der Waals surface area contributed by atoms with Crippen molar-refractivity contribution in [2.75, 3.05) is 24.5 Å². The largest absolute Gasteiger partial charge is 0.490 e. The van der Waals surface area contributed by atoms with E-state index in [0.717, 1.165) is 48.1 Å². The molecule has 0 aliphatic carbocycles. The van der Waals surface area contributed by atoms with E-state index in [1.165, 1.54) is 4.90 Å². The number of carboxylic acids is 2. The van der Waals surface area contributed by atoms with Crippen molar-refractivity contribution in [3.05, 3.63) is 64.7 Å². The van der Waals surface area contributed by atoms with E-state index in [2.05, 4.69) is 0 Å². The van der Waals surface area contributed by atoms with Crippen molar-refractivity contribution in [1.82, 2.24) is 4.90 Å². The molecule has 0 spiro atoms. The van der Waals surface area contributed by atoms with Crippen LogP contribution in [0.15, 0.2) is 42.5 Å². The monoisotopic (exact) mass is 579 g/mol. The zero-order valence-electron chi connectivity index (χ0n) is 22.4. The topological polar surface area (TPSA) is 158 Å². The van der Waals surface area contributed by atoms with Crippen molar-refractivity contribution in [3.63, 3.8) is 0 Å². The fraction of sp³-hybridized carbons (Fsp3) is 0.393. The van der Waals surface area contributed by atoms with Gasteiger partial charge in [-0.1, -0.05) is 31.5 Å². The molecule has 13 heteroatoms. The number of carbonyl (C=O) groups is 5. The molecule has 0 saturated carbocycles. The minimum atomic E-state index is -5.08. The summed E-state index contributed by atoms with van der Waals surface area (Å²) in [5.41, 5.74) is 8.33. The van der Waals surface area contributed by atoms with Crippen LogP contribution in [0.1, 0.15) is 64.4 Å². The lowest BCUT2D eigenvalue weighted by atomic mass is 10.0. The number of halogens is 3. The van der Waals surface area contributed by atoms with Crippen molar-refractivity contribution >= 4 is 35.3 Å². The molecular weight excluding hydrogens is 547 g/mol. The number of fused-ring (bicyclic) bond motifs is 1. The Kier molecular flexibility index (Phi) is 12.0. The van der Waals surface area contributed by atoms with E-state index >= 15 is 0 Å². The van der Waals surface area contributed by atoms with E-state index in [9.17, 15) is 32.3 Å². The maximum absolute atomic E-state index is 13.4. The molecule has 1 heterocycles. The first-order valence-electron chi connectivity index (χ1n) is 12.9. The van der Waals surface area contributed by atoms with Crippen molar-refractivity contribution in [2.24, 2.45) is 5.73 Å². The van der Waals surface area contributed by atoms with E-state index in [4.69, 9.17) is 20.7 Å². The lowest BCUT2D eigenvalue weighted by Crippen LogP contribution is -2.42. The highest BCUT2D eigenvalue weighted by Crippen LogP contribution is 2.29. The predicted octanol–water partition coefficient (Wildman–Crippen LogP) is 3.66. The Labute approximate surface area is 234 Å². The molecule has 0 saturated heterocycles. The maximum atomic E-state index is 13.4. The molecule has 1 aliphatic heterocycles. The lowest BCUT2D eigenvalue weighted by molar-refractivity contribution is -0.192. The van der Waals surface area contributed by atoms with Gasteiger partial charge in [0.15, 0.2) is 0 Å². The number of unbranched alkanes of at least 4 members (excludes halogenated alkanes) is 2. The Bertz CT molecular complexity index is 1260. The summed E-state index contributed by atoms with van der Waals surface area (Å²) in [5.74, 6) is -5.37. The summed E-state index contributed by atoms with van der Waals surface area (Å²) in [6.45, 7) is 2.15. The number of benzene rings is 2. The minimum Gasteiger partial charge on any atom is -0.481 e. The van der Waals surface area contributed by atoms with Crippen LogP contribution in [0.4, 0.5) is 18.9 Å². The minimum absolute atomic E-state index is 0.118. The average Bonchev–Trinajstić information content (AvgIpc) is 3.03. The molecular formula is C28H32F3N3O7. The van der Waals surface area contributed by atoms with E-state index in [1.54, 1.807) is 24.3 Å². The first-order valence-corrected chi connectivity index (χ1v) is 12.9. The van der Waals surface area contributed by atoms with Gasteiger partial charge in [0.25, 0.3) is 17.7 Å². The molecule has 0 aromatic heterocycles. The quantitative estimate of drug-likeness (QED) is 0.284. The van der Waals surface area contributed by atoms with Gasteiger partial charge in [-0.2, -0.15) is 13.2 Å². The van der Waals surface area contributed by atoms with Gasteiger partial charge in [0.05, 0.1) is 17.7 Å². The summed E-state index contributed by atoms with van der Waals surface area (Å²) in [5, 5.41) is 16.2. The highest BCUT2D eigenvalue weighted by Gasteiger charge is 2.38. The van der Waals surface area contributed by atoms with Crippen molar-refractivity contribution in [3.8, 4) is 0 Å². The molecule has 10 nitrogen and oxygen atoms in total. The van der Waals surface area contributed by atoms with Crippen LogP contribution in [-0.4, -0.2) is 70.6 Å². The van der Waals surface area contributed by atoms with E-state index < -0.39 is 35.8 Å². The van der Waals surface area contributed by atoms with Crippen LogP contribution < -0.4 is 10.6 Å². The number of hydrogen-bond acceptors (Lipinski definition) is 6. The molecule has 41 heavy (non-hydrogen) atoms. The number of nitrogens with two attached hydrogens (primary N) is 1. The normalized spacial score (nSPS) is 13.2. The molecule has 0 unspecified atom stereocenters. The molecule has 0 atom stereocenters. The van der Waals surface area contributed by atoms with Crippen LogP contribution in [-0.2, 0) is 27.2 Å². The molecule has 2 aromatic rings. The van der Waals surface area contributed by atoms with Crippen LogP contribution in [0.5, 0.6) is 0 Å². The Morgan fingerprint density at radius 3 is 2.10 bits per heavy atom. The van der Waals surface area contributed by atoms with Gasteiger partial charge in [0, 0.05) is 12.1 Å². The number of alkyl halides is 3. The van der Waals surface area contributed by atoms with Gasteiger partial charge < -0.3 is 20.8 Å². The Hall–Kier alpha value is -4.26. The van der Waals surface area contributed by atoms with Crippen LogP contribution >= 0.6 is 0 Å². The number of hydrogen-bond donors (Lipinski definition) is 3. The average molecular weight is 580 g/mol. The summed E-state index contributed by atoms with van der Waals surface area (Å²) in [7, 11) is 0. The Balaban J connectivity index is 0.000000745. The van der Waals surface area contributed by atoms with Crippen LogP contribution in [0.25, 0.3) is 0 Å². The SMILES string of the molecule is CCc1ccc(C(=O)N2C(=O)CN(CCC(=O)O)C(=O)c3cc(CCCCCN)ccc32)cc1.O=C(O)C(F)(F)F. The van der Waals surface area contributed by atoms with Gasteiger partial charge in [0.2, 0.25) is 0 Å². The van der Waals surface area contributed by atoms with Crippen LogP contribution in [0, 0.1) is 0 Å². The number of carboxylic acid groups (broad SMARTS) is 2. The number of amides is 3. The van der Waals surface area contributed by atoms with Crippen molar-refractivity contribution < 1.29 is 47.4 Å². The van der Waals surface area contributed by atoms with Gasteiger partial charge in [0.1, 0.15) is 6.54 Å². The van der Waals surface area contributed by atoms with Gasteiger partial charge >= 0.3 is 18.1 Å². The number of carbonyl (C=O) groups excluding carboxylic acids is 3. The summed E-state index contributed by atoms with van der Waals surface area (Å²) in [6.07, 6.45) is -1.04. The molecule has 4 N–H and O–H groups in total. The second-order valence-electron chi connectivity index (χ2n) is 9.21. The third-order valence-electron chi connectivity index (χ3n) is 6.21. The summed E-state index contributed by atoms with van der Waals surface area (Å²) >= 11 is 0. The van der Waals surface area contributed by atoms with Gasteiger partial charge in [-0.25, -0.2) is 9.69 Å². The first-order chi connectivity index (χ1) is 19.3. The fourth-order valence-corrected chi connectivity index (χ4v) is 4.01. The summed E-state index contributed by atoms with van der Waals surface area (Å²) in [6, 6.07) is 12.2. The molecule has 0 fully saturated rings. The molecule has 0 bridgehead atoms. The molecule has 3 amide bonds. The second kappa shape index (κ2) is 14.9. The fourth-order valence-electron chi connectivity index (χ4n) is 4.01. The van der Waals surface area contributed by atoms with Gasteiger partial charge in [-0.05, 0) is 67.6 Å². The van der Waals surface area contributed by atoms with Crippen LogP contribution in [0.3, 0.4) is 0 Å². The molecule has 2 aromatic carbocycles. The standard InChI is InChI=1S/C26H31N3O5.C2HF3O2/c1-2-18-7-10-20(11-8-18)25(33)29-22-12-9-19(6-4-3-5-14-27)16-21(22)26(34)28(17-23(29)30)15-13-24(31)32;3-2(4,5)1(6)7/h7-12,16H,2-6,13-15,17,27H2,1H3,(H,31,32);(H,6,7). The number of rotatable bonds is 10. The van der Waals surface area contributed by atoms with Crippen LogP contribution in [0.2, 0.25) is 0 Å². The molecule has 3 rings (SSSR count). The number of imide groups is 1. The zero-order valence-corrected chi connectivity index (χ0v) is 22.4. The van der Waals surface area contributed by atoms with E-state index in [-0.39, 0.29) is 30.8 Å². The Morgan fingerprint density at radius 2 is 1.56 bits per heavy atom. The lowest BCUT2D eigenvalue weighted by Gasteiger charge is -2.21. The number of anilines is 1. The Morgan fingerprint density at radius 1 is 0.951 bits per heavy atom. The summed E-state index contributed by atoms with van der Waals surface area (Å²) in [4.78, 5) is 62.2.